The van der Waals surface area contributed by atoms with Gasteiger partial charge in [-0.2, -0.15) is 0 Å². The van der Waals surface area contributed by atoms with Crippen LogP contribution < -0.4 is 4.72 Å². The Balaban J connectivity index is 1.60. The summed E-state index contributed by atoms with van der Waals surface area (Å²) in [7, 11) is -3.88. The second kappa shape index (κ2) is 8.97. The molecule has 0 bridgehead atoms. The minimum atomic E-state index is -3.88. The van der Waals surface area contributed by atoms with Crippen LogP contribution in [-0.2, 0) is 16.4 Å². The fraction of sp³-hybridized carbons (Fsp3) is 0.409. The zero-order valence-electron chi connectivity index (χ0n) is 17.2. The van der Waals surface area contributed by atoms with Gasteiger partial charge in [-0.3, -0.25) is 4.90 Å². The van der Waals surface area contributed by atoms with Crippen molar-refractivity contribution >= 4 is 16.1 Å². The van der Waals surface area contributed by atoms with Crippen LogP contribution in [0.15, 0.2) is 59.5 Å². The maximum absolute atomic E-state index is 12.6. The number of rotatable bonds is 5. The van der Waals surface area contributed by atoms with Gasteiger partial charge in [-0.25, -0.2) is 17.9 Å². The Hall–Kier alpha value is -2.38. The molecule has 2 atom stereocenters. The molecule has 1 fully saturated rings. The molecule has 2 unspecified atom stereocenters. The molecule has 0 radical (unpaired) electrons. The third-order valence-corrected chi connectivity index (χ3v) is 6.78. The first kappa shape index (κ1) is 21.3. The summed E-state index contributed by atoms with van der Waals surface area (Å²) in [6, 6.07) is 16.5. The molecule has 1 N–H and O–H groups in total. The minimum Gasteiger partial charge on any atom is -0.321 e. The van der Waals surface area contributed by atoms with E-state index in [0.29, 0.717) is 13.1 Å². The van der Waals surface area contributed by atoms with Crippen molar-refractivity contribution in [3.05, 3.63) is 65.7 Å². The van der Waals surface area contributed by atoms with Gasteiger partial charge in [-0.1, -0.05) is 48.0 Å². The third-order valence-electron chi connectivity index (χ3n) is 5.44. The average Bonchev–Trinajstić information content (AvgIpc) is 2.68. The predicted molar refractivity (Wildman–Crippen MR) is 114 cm³/mol. The van der Waals surface area contributed by atoms with E-state index in [9.17, 15) is 13.2 Å². The number of nitrogens with zero attached hydrogens (tertiary/aromatic N) is 2. The first-order valence-corrected chi connectivity index (χ1v) is 11.4. The number of hydrogen-bond donors (Lipinski definition) is 1. The Kier molecular flexibility index (Phi) is 6.59. The Morgan fingerprint density at radius 1 is 1.00 bits per heavy atom. The lowest BCUT2D eigenvalue weighted by Crippen LogP contribution is -2.60. The van der Waals surface area contributed by atoms with Crippen molar-refractivity contribution in [2.24, 2.45) is 0 Å². The van der Waals surface area contributed by atoms with Gasteiger partial charge >= 0.3 is 6.03 Å². The van der Waals surface area contributed by atoms with E-state index in [2.05, 4.69) is 35.6 Å². The number of carbonyl (C=O) groups excluding carboxylic acids is 1. The van der Waals surface area contributed by atoms with Gasteiger partial charge in [-0.15, -0.1) is 0 Å². The van der Waals surface area contributed by atoms with Crippen LogP contribution in [0.4, 0.5) is 4.79 Å². The fourth-order valence-corrected chi connectivity index (χ4v) is 4.79. The fourth-order valence-electron chi connectivity index (χ4n) is 3.82. The Morgan fingerprint density at radius 2 is 1.59 bits per heavy atom. The third kappa shape index (κ3) is 5.36. The lowest BCUT2D eigenvalue weighted by atomic mass is 10.1. The summed E-state index contributed by atoms with van der Waals surface area (Å²) in [5.41, 5.74) is 2.25. The molecule has 2 aromatic carbocycles. The van der Waals surface area contributed by atoms with E-state index >= 15 is 0 Å². The molecule has 156 valence electrons. The summed E-state index contributed by atoms with van der Waals surface area (Å²) in [6.07, 6.45) is 0.948. The maximum Gasteiger partial charge on any atom is 0.331 e. The van der Waals surface area contributed by atoms with Gasteiger partial charge in [0.25, 0.3) is 10.0 Å². The molecule has 2 amide bonds. The molecule has 0 aromatic heterocycles. The van der Waals surface area contributed by atoms with E-state index in [4.69, 9.17) is 0 Å². The molecule has 29 heavy (non-hydrogen) atoms. The molecule has 6 nitrogen and oxygen atoms in total. The topological polar surface area (TPSA) is 69.7 Å². The second-order valence-corrected chi connectivity index (χ2v) is 9.48. The molecule has 1 heterocycles. The van der Waals surface area contributed by atoms with Crippen molar-refractivity contribution in [1.29, 1.82) is 0 Å². The molecule has 7 heteroatoms. The molecule has 1 aliphatic heterocycles. The first-order chi connectivity index (χ1) is 13.8. The lowest BCUT2D eigenvalue weighted by Gasteiger charge is -2.44. The number of sulfonamides is 1. The number of aryl methyl sites for hydroxylation is 1. The number of urea groups is 1. The summed E-state index contributed by atoms with van der Waals surface area (Å²) < 4.78 is 27.2. The quantitative estimate of drug-likeness (QED) is 0.815. The normalized spacial score (nSPS) is 20.4. The van der Waals surface area contributed by atoms with Crippen LogP contribution in [0.5, 0.6) is 0 Å². The number of amides is 2. The Morgan fingerprint density at radius 3 is 2.17 bits per heavy atom. The molecule has 0 saturated carbocycles. The van der Waals surface area contributed by atoms with Gasteiger partial charge < -0.3 is 4.90 Å². The Bertz CT molecular complexity index is 918. The van der Waals surface area contributed by atoms with E-state index in [1.54, 1.807) is 17.0 Å². The predicted octanol–water partition coefficient (Wildman–Crippen LogP) is 3.03. The summed E-state index contributed by atoms with van der Waals surface area (Å²) in [5.74, 6) is 0. The van der Waals surface area contributed by atoms with Crippen molar-refractivity contribution in [2.75, 3.05) is 19.6 Å². The zero-order chi connectivity index (χ0) is 21.0. The second-order valence-electron chi connectivity index (χ2n) is 7.80. The number of carbonyl (C=O) groups is 1. The van der Waals surface area contributed by atoms with Gasteiger partial charge in [-0.05, 0) is 44.9 Å². The van der Waals surface area contributed by atoms with E-state index in [1.165, 1.54) is 17.7 Å². The molecule has 1 aliphatic rings. The van der Waals surface area contributed by atoms with Crippen molar-refractivity contribution in [1.82, 2.24) is 14.5 Å². The van der Waals surface area contributed by atoms with Crippen LogP contribution in [0.1, 0.15) is 25.0 Å². The summed E-state index contributed by atoms with van der Waals surface area (Å²) in [4.78, 5) is 16.7. The highest BCUT2D eigenvalue weighted by Gasteiger charge is 2.33. The van der Waals surface area contributed by atoms with Crippen LogP contribution in [0.3, 0.4) is 0 Å². The highest BCUT2D eigenvalue weighted by atomic mass is 32.2. The number of benzene rings is 2. The highest BCUT2D eigenvalue weighted by Crippen LogP contribution is 2.18. The lowest BCUT2D eigenvalue weighted by molar-refractivity contribution is 0.0578. The molecule has 0 aliphatic carbocycles. The molecule has 0 spiro atoms. The van der Waals surface area contributed by atoms with Crippen molar-refractivity contribution in [3.8, 4) is 0 Å². The number of nitrogens with one attached hydrogen (secondary N) is 1. The monoisotopic (exact) mass is 415 g/mol. The van der Waals surface area contributed by atoms with Crippen molar-refractivity contribution in [3.63, 3.8) is 0 Å². The van der Waals surface area contributed by atoms with Crippen LogP contribution in [0.25, 0.3) is 0 Å². The summed E-state index contributed by atoms with van der Waals surface area (Å²) in [5, 5.41) is 0. The van der Waals surface area contributed by atoms with Crippen LogP contribution in [0, 0.1) is 6.92 Å². The van der Waals surface area contributed by atoms with Crippen LogP contribution >= 0.6 is 0 Å². The van der Waals surface area contributed by atoms with Gasteiger partial charge in [0.1, 0.15) is 0 Å². The highest BCUT2D eigenvalue weighted by molar-refractivity contribution is 7.90. The standard InChI is InChI=1S/C22H29N3O3S/c1-17-9-11-21(12-10-17)29(27,28)23-22(26)24-15-18(2)25(19(3)16-24)14-13-20-7-5-4-6-8-20/h4-12,18-19H,13-16H2,1-3H3,(H,23,26). The summed E-state index contributed by atoms with van der Waals surface area (Å²) >= 11 is 0. The molecule has 3 rings (SSSR count). The Labute approximate surface area is 173 Å². The van der Waals surface area contributed by atoms with Crippen molar-refractivity contribution in [2.45, 2.75) is 44.2 Å². The molecular formula is C22H29N3O3S. The number of piperazine rings is 1. The van der Waals surface area contributed by atoms with E-state index in [1.807, 2.05) is 25.1 Å². The van der Waals surface area contributed by atoms with Crippen LogP contribution in [-0.4, -0.2) is 56.0 Å². The first-order valence-electron chi connectivity index (χ1n) is 9.94. The van der Waals surface area contributed by atoms with Gasteiger partial charge in [0.15, 0.2) is 0 Å². The molecule has 1 saturated heterocycles. The SMILES string of the molecule is Cc1ccc(S(=O)(=O)NC(=O)N2CC(C)N(CCc3ccccc3)C(C)C2)cc1. The van der Waals surface area contributed by atoms with E-state index in [-0.39, 0.29) is 17.0 Å². The largest absolute Gasteiger partial charge is 0.331 e. The summed E-state index contributed by atoms with van der Waals surface area (Å²) in [6.45, 7) is 7.94. The zero-order valence-corrected chi connectivity index (χ0v) is 18.0. The van der Waals surface area contributed by atoms with Gasteiger partial charge in [0.2, 0.25) is 0 Å². The number of hydrogen-bond acceptors (Lipinski definition) is 4. The van der Waals surface area contributed by atoms with Gasteiger partial charge in [0, 0.05) is 31.7 Å². The van der Waals surface area contributed by atoms with E-state index in [0.717, 1.165) is 18.5 Å². The maximum atomic E-state index is 12.6. The minimum absolute atomic E-state index is 0.0963. The average molecular weight is 416 g/mol. The van der Waals surface area contributed by atoms with Gasteiger partial charge in [0.05, 0.1) is 4.90 Å². The molecule has 2 aromatic rings. The van der Waals surface area contributed by atoms with E-state index < -0.39 is 16.1 Å². The smallest absolute Gasteiger partial charge is 0.321 e. The van der Waals surface area contributed by atoms with Crippen LogP contribution in [0.2, 0.25) is 0 Å². The van der Waals surface area contributed by atoms with Crippen molar-refractivity contribution < 1.29 is 13.2 Å². The molecular weight excluding hydrogens is 386 g/mol.